The third-order valence-electron chi connectivity index (χ3n) is 3.13. The van der Waals surface area contributed by atoms with E-state index in [1.807, 2.05) is 0 Å². The van der Waals surface area contributed by atoms with Crippen molar-refractivity contribution in [2.45, 2.75) is 19.4 Å². The summed E-state index contributed by atoms with van der Waals surface area (Å²) >= 11 is 3.40. The van der Waals surface area contributed by atoms with Crippen LogP contribution in [0, 0.1) is 0 Å². The molecule has 2 rings (SSSR count). The maximum Gasteiger partial charge on any atom is 0.335 e. The largest absolute Gasteiger partial charge is 0.478 e. The molecule has 1 aliphatic rings. The van der Waals surface area contributed by atoms with Crippen LogP contribution in [0.15, 0.2) is 22.7 Å². The zero-order chi connectivity index (χ0) is 14.0. The Balaban J connectivity index is 2.11. The first-order valence-corrected chi connectivity index (χ1v) is 6.81. The molecule has 1 aromatic rings. The van der Waals surface area contributed by atoms with Gasteiger partial charge in [0.25, 0.3) is 0 Å². The van der Waals surface area contributed by atoms with E-state index in [1.54, 1.807) is 18.2 Å². The molecule has 0 spiro atoms. The smallest absolute Gasteiger partial charge is 0.335 e. The number of hydrogen-bond acceptors (Lipinski definition) is 3. The predicted molar refractivity (Wildman–Crippen MR) is 75.5 cm³/mol. The summed E-state index contributed by atoms with van der Waals surface area (Å²) in [6.45, 7) is 3.10. The minimum atomic E-state index is -0.940. The van der Waals surface area contributed by atoms with E-state index in [9.17, 15) is 9.59 Å². The van der Waals surface area contributed by atoms with Crippen LogP contribution in [-0.2, 0) is 4.79 Å². The van der Waals surface area contributed by atoms with Crippen molar-refractivity contribution in [3.05, 3.63) is 28.2 Å². The average Bonchev–Trinajstić information content (AvgIpc) is 2.76. The third-order valence-corrected chi connectivity index (χ3v) is 3.77. The standard InChI is InChI=1S/C13H15BrN2O3/c1-8(17)15-10-4-5-16(7-10)12-3-2-9(13(18)19)6-11(12)14/h2-3,6,10H,4-5,7H2,1H3,(H,15,17)(H,18,19). The van der Waals surface area contributed by atoms with Gasteiger partial charge in [-0.25, -0.2) is 4.79 Å². The van der Waals surface area contributed by atoms with Crippen molar-refractivity contribution in [3.63, 3.8) is 0 Å². The van der Waals surface area contributed by atoms with E-state index < -0.39 is 5.97 Å². The molecule has 6 heteroatoms. The Morgan fingerprint density at radius 1 is 1.47 bits per heavy atom. The number of nitrogens with one attached hydrogen (secondary N) is 1. The first-order valence-electron chi connectivity index (χ1n) is 6.02. The second-order valence-corrected chi connectivity index (χ2v) is 5.46. The van der Waals surface area contributed by atoms with Crippen molar-refractivity contribution >= 4 is 33.5 Å². The van der Waals surface area contributed by atoms with Crippen molar-refractivity contribution in [1.29, 1.82) is 0 Å². The molecule has 1 amide bonds. The van der Waals surface area contributed by atoms with Crippen molar-refractivity contribution < 1.29 is 14.7 Å². The lowest BCUT2D eigenvalue weighted by Gasteiger charge is -2.20. The second-order valence-electron chi connectivity index (χ2n) is 4.60. The highest BCUT2D eigenvalue weighted by Gasteiger charge is 2.24. The normalized spacial score (nSPS) is 18.4. The van der Waals surface area contributed by atoms with Crippen molar-refractivity contribution in [2.75, 3.05) is 18.0 Å². The van der Waals surface area contributed by atoms with Gasteiger partial charge in [0.05, 0.1) is 11.3 Å². The molecule has 1 fully saturated rings. The van der Waals surface area contributed by atoms with E-state index in [2.05, 4.69) is 26.1 Å². The Morgan fingerprint density at radius 2 is 2.21 bits per heavy atom. The van der Waals surface area contributed by atoms with E-state index in [0.29, 0.717) is 0 Å². The SMILES string of the molecule is CC(=O)NC1CCN(c2ccc(C(=O)O)cc2Br)C1. The quantitative estimate of drug-likeness (QED) is 0.889. The number of halogens is 1. The van der Waals surface area contributed by atoms with Crippen LogP contribution in [0.2, 0.25) is 0 Å². The van der Waals surface area contributed by atoms with Crippen LogP contribution in [0.25, 0.3) is 0 Å². The molecule has 1 unspecified atom stereocenters. The fraction of sp³-hybridized carbons (Fsp3) is 0.385. The number of anilines is 1. The number of rotatable bonds is 3. The molecular formula is C13H15BrN2O3. The Morgan fingerprint density at radius 3 is 2.79 bits per heavy atom. The first kappa shape index (κ1) is 13.9. The highest BCUT2D eigenvalue weighted by molar-refractivity contribution is 9.10. The zero-order valence-electron chi connectivity index (χ0n) is 10.5. The molecule has 0 aliphatic carbocycles. The number of carboxylic acid groups (broad SMARTS) is 1. The molecule has 1 aliphatic heterocycles. The van der Waals surface area contributed by atoms with Gasteiger partial charge in [0.2, 0.25) is 5.91 Å². The van der Waals surface area contributed by atoms with Crippen LogP contribution in [0.5, 0.6) is 0 Å². The lowest BCUT2D eigenvalue weighted by Crippen LogP contribution is -2.35. The molecule has 0 saturated carbocycles. The minimum absolute atomic E-state index is 0.0212. The number of carbonyl (C=O) groups is 2. The van der Waals surface area contributed by atoms with Gasteiger partial charge in [0, 0.05) is 30.5 Å². The fourth-order valence-electron chi connectivity index (χ4n) is 2.28. The van der Waals surface area contributed by atoms with Crippen LogP contribution >= 0.6 is 15.9 Å². The van der Waals surface area contributed by atoms with E-state index in [0.717, 1.165) is 29.7 Å². The summed E-state index contributed by atoms with van der Waals surface area (Å²) in [6.07, 6.45) is 0.896. The maximum absolute atomic E-state index is 11.0. The summed E-state index contributed by atoms with van der Waals surface area (Å²) in [5, 5.41) is 11.8. The van der Waals surface area contributed by atoms with Gasteiger partial charge in [-0.3, -0.25) is 4.79 Å². The lowest BCUT2D eigenvalue weighted by atomic mass is 10.2. The summed E-state index contributed by atoms with van der Waals surface area (Å²) < 4.78 is 0.760. The lowest BCUT2D eigenvalue weighted by molar-refractivity contribution is -0.119. The molecule has 0 radical (unpaired) electrons. The number of carbonyl (C=O) groups excluding carboxylic acids is 1. The molecule has 0 bridgehead atoms. The van der Waals surface area contributed by atoms with Gasteiger partial charge in [0.15, 0.2) is 0 Å². The molecule has 1 atom stereocenters. The van der Waals surface area contributed by atoms with Crippen LogP contribution in [0.1, 0.15) is 23.7 Å². The summed E-state index contributed by atoms with van der Waals surface area (Å²) in [6, 6.07) is 5.14. The van der Waals surface area contributed by atoms with Gasteiger partial charge in [-0.15, -0.1) is 0 Å². The van der Waals surface area contributed by atoms with Gasteiger partial charge in [-0.2, -0.15) is 0 Å². The number of carboxylic acids is 1. The Bertz CT molecular complexity index is 519. The van der Waals surface area contributed by atoms with Gasteiger partial charge >= 0.3 is 5.97 Å². The molecule has 102 valence electrons. The molecule has 2 N–H and O–H groups in total. The number of hydrogen-bond donors (Lipinski definition) is 2. The van der Waals surface area contributed by atoms with Gasteiger partial charge in [-0.05, 0) is 40.5 Å². The molecular weight excluding hydrogens is 312 g/mol. The van der Waals surface area contributed by atoms with Gasteiger partial charge in [-0.1, -0.05) is 0 Å². The number of amides is 1. The molecule has 1 aromatic carbocycles. The van der Waals surface area contributed by atoms with Crippen LogP contribution in [0.4, 0.5) is 5.69 Å². The number of aromatic carboxylic acids is 1. The molecule has 1 saturated heterocycles. The topological polar surface area (TPSA) is 69.6 Å². The average molecular weight is 327 g/mol. The van der Waals surface area contributed by atoms with Crippen LogP contribution < -0.4 is 10.2 Å². The molecule has 1 heterocycles. The number of benzene rings is 1. The summed E-state index contributed by atoms with van der Waals surface area (Å²) in [5.74, 6) is -0.961. The van der Waals surface area contributed by atoms with Crippen LogP contribution in [-0.4, -0.2) is 36.1 Å². The monoisotopic (exact) mass is 326 g/mol. The fourth-order valence-corrected chi connectivity index (χ4v) is 2.91. The van der Waals surface area contributed by atoms with Gasteiger partial charge in [0.1, 0.15) is 0 Å². The van der Waals surface area contributed by atoms with E-state index in [1.165, 1.54) is 6.92 Å². The number of nitrogens with zero attached hydrogens (tertiary/aromatic N) is 1. The molecule has 19 heavy (non-hydrogen) atoms. The third kappa shape index (κ3) is 3.26. The Labute approximate surface area is 119 Å². The Hall–Kier alpha value is -1.56. The summed E-state index contributed by atoms with van der Waals surface area (Å²) in [4.78, 5) is 24.0. The summed E-state index contributed by atoms with van der Waals surface area (Å²) in [5.41, 5.74) is 1.21. The molecule has 0 aromatic heterocycles. The predicted octanol–water partition coefficient (Wildman–Crippen LogP) is 1.86. The summed E-state index contributed by atoms with van der Waals surface area (Å²) in [7, 11) is 0. The van der Waals surface area contributed by atoms with E-state index in [-0.39, 0.29) is 17.5 Å². The van der Waals surface area contributed by atoms with Crippen molar-refractivity contribution in [3.8, 4) is 0 Å². The zero-order valence-corrected chi connectivity index (χ0v) is 12.1. The van der Waals surface area contributed by atoms with Gasteiger partial charge < -0.3 is 15.3 Å². The first-order chi connectivity index (χ1) is 8.97. The van der Waals surface area contributed by atoms with E-state index >= 15 is 0 Å². The van der Waals surface area contributed by atoms with Crippen LogP contribution in [0.3, 0.4) is 0 Å². The van der Waals surface area contributed by atoms with Crippen molar-refractivity contribution in [2.24, 2.45) is 0 Å². The highest BCUT2D eigenvalue weighted by atomic mass is 79.9. The highest BCUT2D eigenvalue weighted by Crippen LogP contribution is 2.30. The van der Waals surface area contributed by atoms with E-state index in [4.69, 9.17) is 5.11 Å². The Kier molecular flexibility index (Phi) is 4.09. The second kappa shape index (κ2) is 5.61. The van der Waals surface area contributed by atoms with Crippen molar-refractivity contribution in [1.82, 2.24) is 5.32 Å². The minimum Gasteiger partial charge on any atom is -0.478 e. The molecule has 5 nitrogen and oxygen atoms in total. The maximum atomic E-state index is 11.0.